The SMILES string of the molecule is N#Cc1c(N)nc(N)nc1-c1ccc2n[nH]c(Br)c2c1. The smallest absolute Gasteiger partial charge is 0.222 e. The lowest BCUT2D eigenvalue weighted by atomic mass is 10.1. The van der Waals surface area contributed by atoms with E-state index in [1.54, 1.807) is 6.07 Å². The van der Waals surface area contributed by atoms with E-state index in [-0.39, 0.29) is 17.3 Å². The van der Waals surface area contributed by atoms with Gasteiger partial charge in [0.1, 0.15) is 22.1 Å². The van der Waals surface area contributed by atoms with Crippen molar-refractivity contribution in [2.45, 2.75) is 0 Å². The highest BCUT2D eigenvalue weighted by Crippen LogP contribution is 2.30. The van der Waals surface area contributed by atoms with Crippen LogP contribution >= 0.6 is 15.9 Å². The maximum atomic E-state index is 9.20. The van der Waals surface area contributed by atoms with E-state index in [0.717, 1.165) is 21.1 Å². The molecule has 98 valence electrons. The Morgan fingerprint density at radius 3 is 2.80 bits per heavy atom. The summed E-state index contributed by atoms with van der Waals surface area (Å²) in [5.74, 6) is 0.101. The number of rotatable bonds is 1. The second-order valence-corrected chi connectivity index (χ2v) is 4.86. The topological polar surface area (TPSA) is 130 Å². The van der Waals surface area contributed by atoms with Crippen LogP contribution in [0.3, 0.4) is 0 Å². The normalized spacial score (nSPS) is 10.6. The van der Waals surface area contributed by atoms with Gasteiger partial charge in [0.15, 0.2) is 0 Å². The Labute approximate surface area is 121 Å². The molecule has 0 fully saturated rings. The molecule has 0 radical (unpaired) electrons. The molecule has 7 nitrogen and oxygen atoms in total. The van der Waals surface area contributed by atoms with Gasteiger partial charge in [-0.05, 0) is 28.1 Å². The molecule has 5 N–H and O–H groups in total. The Hall–Kier alpha value is -2.66. The number of aromatic nitrogens is 4. The van der Waals surface area contributed by atoms with Gasteiger partial charge in [0.2, 0.25) is 5.95 Å². The van der Waals surface area contributed by atoms with Crippen molar-refractivity contribution < 1.29 is 0 Å². The number of nitrogens with zero attached hydrogens (tertiary/aromatic N) is 4. The predicted molar refractivity (Wildman–Crippen MR) is 78.4 cm³/mol. The van der Waals surface area contributed by atoms with Crippen molar-refractivity contribution in [1.29, 1.82) is 5.26 Å². The highest BCUT2D eigenvalue weighted by Gasteiger charge is 2.14. The van der Waals surface area contributed by atoms with Crippen LogP contribution in [0.25, 0.3) is 22.2 Å². The van der Waals surface area contributed by atoms with Crippen molar-refractivity contribution >= 4 is 38.6 Å². The van der Waals surface area contributed by atoms with Crippen molar-refractivity contribution in [3.63, 3.8) is 0 Å². The highest BCUT2D eigenvalue weighted by atomic mass is 79.9. The third-order valence-corrected chi connectivity index (χ3v) is 3.45. The summed E-state index contributed by atoms with van der Waals surface area (Å²) in [6.45, 7) is 0. The van der Waals surface area contributed by atoms with Crippen molar-refractivity contribution in [3.8, 4) is 17.3 Å². The van der Waals surface area contributed by atoms with Gasteiger partial charge in [0, 0.05) is 10.9 Å². The van der Waals surface area contributed by atoms with Gasteiger partial charge in [-0.3, -0.25) is 5.10 Å². The molecule has 0 aliphatic carbocycles. The number of hydrogen-bond donors (Lipinski definition) is 3. The van der Waals surface area contributed by atoms with Gasteiger partial charge in [-0.1, -0.05) is 6.07 Å². The largest absolute Gasteiger partial charge is 0.382 e. The van der Waals surface area contributed by atoms with Crippen LogP contribution in [0.2, 0.25) is 0 Å². The van der Waals surface area contributed by atoms with E-state index in [0.29, 0.717) is 5.69 Å². The number of fused-ring (bicyclic) bond motifs is 1. The van der Waals surface area contributed by atoms with E-state index in [2.05, 4.69) is 36.1 Å². The molecule has 0 saturated heterocycles. The Morgan fingerprint density at radius 1 is 1.25 bits per heavy atom. The molecule has 0 aliphatic rings. The minimum atomic E-state index is 0.0304. The molecule has 2 heterocycles. The minimum Gasteiger partial charge on any atom is -0.382 e. The zero-order valence-corrected chi connectivity index (χ0v) is 11.6. The molecular weight excluding hydrogens is 322 g/mol. The second-order valence-electron chi connectivity index (χ2n) is 4.07. The van der Waals surface area contributed by atoms with Gasteiger partial charge < -0.3 is 11.5 Å². The van der Waals surface area contributed by atoms with Crippen LogP contribution in [0.15, 0.2) is 22.8 Å². The van der Waals surface area contributed by atoms with E-state index < -0.39 is 0 Å². The average molecular weight is 330 g/mol. The molecule has 0 unspecified atom stereocenters. The van der Waals surface area contributed by atoms with Crippen LogP contribution in [0, 0.1) is 11.3 Å². The molecule has 0 amide bonds. The Bertz CT molecular complexity index is 862. The van der Waals surface area contributed by atoms with Crippen LogP contribution in [0.1, 0.15) is 5.56 Å². The number of hydrogen-bond acceptors (Lipinski definition) is 6. The molecular formula is C12H8BrN7. The first-order chi connectivity index (χ1) is 9.60. The standard InChI is InChI=1S/C12H8BrN7/c13-10-6-3-5(1-2-8(6)19-20-10)9-7(4-14)11(15)18-12(16)17-9/h1-3H,(H,19,20)(H4,15,16,17,18). The quantitative estimate of drug-likeness (QED) is 0.624. The van der Waals surface area contributed by atoms with E-state index >= 15 is 0 Å². The van der Waals surface area contributed by atoms with Crippen molar-refractivity contribution in [1.82, 2.24) is 20.2 Å². The lowest BCUT2D eigenvalue weighted by Gasteiger charge is -2.06. The molecule has 0 atom stereocenters. The Morgan fingerprint density at radius 2 is 2.05 bits per heavy atom. The molecule has 0 bridgehead atoms. The summed E-state index contributed by atoms with van der Waals surface area (Å²) in [7, 11) is 0. The van der Waals surface area contributed by atoms with Gasteiger partial charge in [-0.25, -0.2) is 4.98 Å². The number of H-pyrrole nitrogens is 1. The van der Waals surface area contributed by atoms with Crippen LogP contribution in [0.4, 0.5) is 11.8 Å². The maximum absolute atomic E-state index is 9.20. The van der Waals surface area contributed by atoms with Crippen LogP contribution in [-0.2, 0) is 0 Å². The fraction of sp³-hybridized carbons (Fsp3) is 0. The number of nitrogens with one attached hydrogen (secondary N) is 1. The molecule has 1 aromatic carbocycles. The third kappa shape index (κ3) is 1.85. The molecule has 20 heavy (non-hydrogen) atoms. The third-order valence-electron chi connectivity index (χ3n) is 2.85. The van der Waals surface area contributed by atoms with Gasteiger partial charge >= 0.3 is 0 Å². The number of anilines is 2. The van der Waals surface area contributed by atoms with E-state index in [9.17, 15) is 5.26 Å². The molecule has 3 aromatic rings. The van der Waals surface area contributed by atoms with E-state index in [1.165, 1.54) is 0 Å². The minimum absolute atomic E-state index is 0.0304. The summed E-state index contributed by atoms with van der Waals surface area (Å²) < 4.78 is 0.753. The molecule has 2 aromatic heterocycles. The lowest BCUT2D eigenvalue weighted by molar-refractivity contribution is 1.10. The first-order valence-corrected chi connectivity index (χ1v) is 6.36. The number of benzene rings is 1. The van der Waals surface area contributed by atoms with Crippen LogP contribution in [0.5, 0.6) is 0 Å². The lowest BCUT2D eigenvalue weighted by Crippen LogP contribution is -2.04. The Balaban J connectivity index is 2.30. The van der Waals surface area contributed by atoms with Gasteiger partial charge in [-0.2, -0.15) is 15.3 Å². The number of nitrogens with two attached hydrogens (primary N) is 2. The number of halogens is 1. The van der Waals surface area contributed by atoms with Gasteiger partial charge in [-0.15, -0.1) is 0 Å². The first-order valence-electron chi connectivity index (χ1n) is 5.57. The predicted octanol–water partition coefficient (Wildman–Crippen LogP) is 1.82. The summed E-state index contributed by atoms with van der Waals surface area (Å²) in [5, 5.41) is 17.0. The Kier molecular flexibility index (Phi) is 2.76. The second kappa shape index (κ2) is 4.47. The van der Waals surface area contributed by atoms with E-state index in [4.69, 9.17) is 11.5 Å². The molecule has 0 saturated carbocycles. The average Bonchev–Trinajstić information content (AvgIpc) is 2.79. The first kappa shape index (κ1) is 12.4. The summed E-state index contributed by atoms with van der Waals surface area (Å²) >= 11 is 3.37. The van der Waals surface area contributed by atoms with Gasteiger partial charge in [0.25, 0.3) is 0 Å². The molecule has 8 heteroatoms. The monoisotopic (exact) mass is 329 g/mol. The van der Waals surface area contributed by atoms with Crippen molar-refractivity contribution in [3.05, 3.63) is 28.4 Å². The summed E-state index contributed by atoms with van der Waals surface area (Å²) in [5.41, 5.74) is 13.5. The number of nitrogen functional groups attached to an aromatic ring is 2. The van der Waals surface area contributed by atoms with Gasteiger partial charge in [0.05, 0.1) is 11.2 Å². The fourth-order valence-electron chi connectivity index (χ4n) is 1.94. The zero-order chi connectivity index (χ0) is 14.3. The highest BCUT2D eigenvalue weighted by molar-refractivity contribution is 9.10. The number of nitriles is 1. The maximum Gasteiger partial charge on any atom is 0.222 e. The van der Waals surface area contributed by atoms with Crippen LogP contribution < -0.4 is 11.5 Å². The summed E-state index contributed by atoms with van der Waals surface area (Å²) in [4.78, 5) is 7.91. The van der Waals surface area contributed by atoms with Crippen LogP contribution in [-0.4, -0.2) is 20.2 Å². The molecule has 3 rings (SSSR count). The fourth-order valence-corrected chi connectivity index (χ4v) is 2.35. The summed E-state index contributed by atoms with van der Waals surface area (Å²) in [6, 6.07) is 7.48. The molecule has 0 spiro atoms. The molecule has 0 aliphatic heterocycles. The number of aromatic amines is 1. The summed E-state index contributed by atoms with van der Waals surface area (Å²) in [6.07, 6.45) is 0. The van der Waals surface area contributed by atoms with Crippen molar-refractivity contribution in [2.24, 2.45) is 0 Å². The van der Waals surface area contributed by atoms with E-state index in [1.807, 2.05) is 18.2 Å². The van der Waals surface area contributed by atoms with Crippen molar-refractivity contribution in [2.75, 3.05) is 11.5 Å². The zero-order valence-electron chi connectivity index (χ0n) is 10.1.